The maximum Gasteiger partial charge on any atom is 0.131 e. The molecular formula is C10H9NO2. The Kier molecular flexibility index (Phi) is 2.93. The lowest BCUT2D eigenvalue weighted by atomic mass is 10.2. The number of hydrogen-bond donors (Lipinski definition) is 2. The Morgan fingerprint density at radius 3 is 2.92 bits per heavy atom. The molecule has 0 spiro atoms. The molecule has 1 rings (SSSR count). The van der Waals surface area contributed by atoms with E-state index >= 15 is 0 Å². The molecule has 3 nitrogen and oxygen atoms in total. The fraction of sp³-hybridized carbons (Fsp3) is 0.100. The molecule has 0 heterocycles. The summed E-state index contributed by atoms with van der Waals surface area (Å²) in [5, 5.41) is 9.02. The number of anilines is 1. The van der Waals surface area contributed by atoms with Gasteiger partial charge in [-0.05, 0) is 12.1 Å². The number of carbonyl (C=O) groups excluding carboxylic acids is 1. The first kappa shape index (κ1) is 9.14. The molecule has 0 saturated carbocycles. The van der Waals surface area contributed by atoms with Crippen LogP contribution in [0.4, 0.5) is 5.69 Å². The molecule has 66 valence electrons. The average Bonchev–Trinajstić information content (AvgIpc) is 2.09. The predicted octanol–water partition coefficient (Wildman–Crippen LogP) is 0.915. The highest BCUT2D eigenvalue weighted by atomic mass is 16.3. The molecule has 3 N–H and O–H groups in total. The molecule has 0 atom stereocenters. The molecule has 0 bridgehead atoms. The van der Waals surface area contributed by atoms with Crippen LogP contribution in [0.25, 0.3) is 0 Å². The zero-order valence-electron chi connectivity index (χ0n) is 6.95. The Labute approximate surface area is 76.2 Å². The van der Waals surface area contributed by atoms with E-state index in [9.17, 15) is 4.79 Å². The molecule has 0 fully saturated rings. The van der Waals surface area contributed by atoms with Crippen molar-refractivity contribution in [3.05, 3.63) is 23.8 Å². The van der Waals surface area contributed by atoms with E-state index in [0.29, 0.717) is 11.3 Å². The van der Waals surface area contributed by atoms with Crippen molar-refractivity contribution in [2.45, 2.75) is 6.42 Å². The van der Waals surface area contributed by atoms with Crippen LogP contribution < -0.4 is 5.73 Å². The minimum atomic E-state index is 0.110. The summed E-state index contributed by atoms with van der Waals surface area (Å²) in [7, 11) is 0. The summed E-state index contributed by atoms with van der Waals surface area (Å²) < 4.78 is 0. The van der Waals surface area contributed by atoms with Gasteiger partial charge in [0.2, 0.25) is 0 Å². The van der Waals surface area contributed by atoms with Crippen molar-refractivity contribution >= 4 is 12.0 Å². The SMILES string of the molecule is Nc1cc(O)ccc1C#CCC=O. The van der Waals surface area contributed by atoms with E-state index in [1.54, 1.807) is 6.07 Å². The number of phenolic OH excluding ortho intramolecular Hbond substituents is 1. The maximum absolute atomic E-state index is 9.96. The Balaban J connectivity index is 2.91. The van der Waals surface area contributed by atoms with E-state index in [4.69, 9.17) is 10.8 Å². The molecular weight excluding hydrogens is 166 g/mol. The van der Waals surface area contributed by atoms with Gasteiger partial charge in [0, 0.05) is 11.6 Å². The second-order valence-corrected chi connectivity index (χ2v) is 2.44. The second-order valence-electron chi connectivity index (χ2n) is 2.44. The minimum Gasteiger partial charge on any atom is -0.508 e. The number of aldehydes is 1. The lowest BCUT2D eigenvalue weighted by molar-refractivity contribution is -0.107. The van der Waals surface area contributed by atoms with Gasteiger partial charge < -0.3 is 15.6 Å². The molecule has 0 aromatic heterocycles. The zero-order chi connectivity index (χ0) is 9.68. The van der Waals surface area contributed by atoms with Crippen molar-refractivity contribution < 1.29 is 9.90 Å². The van der Waals surface area contributed by atoms with Crippen molar-refractivity contribution in [3.63, 3.8) is 0 Å². The minimum absolute atomic E-state index is 0.110. The third-order valence-corrected chi connectivity index (χ3v) is 1.44. The van der Waals surface area contributed by atoms with Crippen LogP contribution in [0.1, 0.15) is 12.0 Å². The summed E-state index contributed by atoms with van der Waals surface area (Å²) >= 11 is 0. The van der Waals surface area contributed by atoms with Crippen LogP contribution in [0, 0.1) is 11.8 Å². The fourth-order valence-corrected chi connectivity index (χ4v) is 0.852. The van der Waals surface area contributed by atoms with Crippen LogP contribution in [0.5, 0.6) is 5.75 Å². The van der Waals surface area contributed by atoms with Crippen molar-refractivity contribution in [2.24, 2.45) is 0 Å². The molecule has 13 heavy (non-hydrogen) atoms. The van der Waals surface area contributed by atoms with Crippen molar-refractivity contribution in [2.75, 3.05) is 5.73 Å². The van der Waals surface area contributed by atoms with Gasteiger partial charge in [0.25, 0.3) is 0 Å². The number of carbonyl (C=O) groups is 1. The highest BCUT2D eigenvalue weighted by Gasteiger charge is 1.95. The first-order valence-corrected chi connectivity index (χ1v) is 3.75. The lowest BCUT2D eigenvalue weighted by Gasteiger charge is -1.97. The molecule has 0 aliphatic heterocycles. The van der Waals surface area contributed by atoms with Gasteiger partial charge >= 0.3 is 0 Å². The molecule has 3 heteroatoms. The van der Waals surface area contributed by atoms with Gasteiger partial charge in [0.05, 0.1) is 12.1 Å². The summed E-state index contributed by atoms with van der Waals surface area (Å²) in [6, 6.07) is 4.54. The van der Waals surface area contributed by atoms with Gasteiger partial charge in [-0.1, -0.05) is 11.8 Å². The summed E-state index contributed by atoms with van der Waals surface area (Å²) in [6.07, 6.45) is 0.921. The van der Waals surface area contributed by atoms with Crippen molar-refractivity contribution in [1.82, 2.24) is 0 Å². The summed E-state index contributed by atoms with van der Waals surface area (Å²) in [6.45, 7) is 0. The topological polar surface area (TPSA) is 63.3 Å². The fourth-order valence-electron chi connectivity index (χ4n) is 0.852. The van der Waals surface area contributed by atoms with Gasteiger partial charge in [0.1, 0.15) is 12.0 Å². The van der Waals surface area contributed by atoms with Crippen LogP contribution in [0.15, 0.2) is 18.2 Å². The smallest absolute Gasteiger partial charge is 0.131 e. The van der Waals surface area contributed by atoms with E-state index in [0.717, 1.165) is 6.29 Å². The number of hydrogen-bond acceptors (Lipinski definition) is 3. The van der Waals surface area contributed by atoms with Gasteiger partial charge in [-0.15, -0.1) is 0 Å². The van der Waals surface area contributed by atoms with Crippen molar-refractivity contribution in [3.8, 4) is 17.6 Å². The van der Waals surface area contributed by atoms with Gasteiger partial charge in [-0.25, -0.2) is 0 Å². The quantitative estimate of drug-likeness (QED) is 0.379. The molecule has 0 aliphatic carbocycles. The van der Waals surface area contributed by atoms with Gasteiger partial charge in [0.15, 0.2) is 0 Å². The number of phenols is 1. The molecule has 1 aromatic rings. The van der Waals surface area contributed by atoms with Crippen LogP contribution >= 0.6 is 0 Å². The normalized spacial score (nSPS) is 8.62. The molecule has 0 saturated heterocycles. The number of nitrogens with two attached hydrogens (primary N) is 1. The third-order valence-electron chi connectivity index (χ3n) is 1.44. The van der Waals surface area contributed by atoms with E-state index < -0.39 is 0 Å². The Morgan fingerprint density at radius 2 is 2.31 bits per heavy atom. The Hall–Kier alpha value is -1.95. The number of benzene rings is 1. The first-order valence-electron chi connectivity index (χ1n) is 3.75. The largest absolute Gasteiger partial charge is 0.508 e. The summed E-state index contributed by atoms with van der Waals surface area (Å²) in [5.41, 5.74) is 6.59. The Bertz CT molecular complexity index is 374. The van der Waals surface area contributed by atoms with Gasteiger partial charge in [-0.3, -0.25) is 0 Å². The molecule has 0 aliphatic rings. The molecule has 0 amide bonds. The number of nitrogen functional groups attached to an aromatic ring is 1. The average molecular weight is 175 g/mol. The highest BCUT2D eigenvalue weighted by Crippen LogP contribution is 2.17. The number of aromatic hydroxyl groups is 1. The van der Waals surface area contributed by atoms with Crippen LogP contribution in [0.3, 0.4) is 0 Å². The maximum atomic E-state index is 9.96. The van der Waals surface area contributed by atoms with Crippen molar-refractivity contribution in [1.29, 1.82) is 0 Å². The molecule has 0 unspecified atom stereocenters. The zero-order valence-corrected chi connectivity index (χ0v) is 6.95. The van der Waals surface area contributed by atoms with E-state index in [-0.39, 0.29) is 12.2 Å². The summed E-state index contributed by atoms with van der Waals surface area (Å²) in [5.74, 6) is 5.47. The molecule has 1 aromatic carbocycles. The van der Waals surface area contributed by atoms with E-state index in [2.05, 4.69) is 11.8 Å². The molecule has 0 radical (unpaired) electrons. The third kappa shape index (κ3) is 2.53. The predicted molar refractivity (Wildman–Crippen MR) is 50.1 cm³/mol. The monoisotopic (exact) mass is 175 g/mol. The standard InChI is InChI=1S/C10H9NO2/c11-10-7-9(13)5-4-8(10)3-1-2-6-12/h4-7,13H,2,11H2. The van der Waals surface area contributed by atoms with Crippen LogP contribution in [-0.2, 0) is 4.79 Å². The highest BCUT2D eigenvalue weighted by molar-refractivity contribution is 5.60. The van der Waals surface area contributed by atoms with Crippen LogP contribution in [0.2, 0.25) is 0 Å². The van der Waals surface area contributed by atoms with Crippen LogP contribution in [-0.4, -0.2) is 11.4 Å². The van der Waals surface area contributed by atoms with E-state index in [1.807, 2.05) is 0 Å². The Morgan fingerprint density at radius 1 is 1.54 bits per heavy atom. The first-order chi connectivity index (χ1) is 6.24. The lowest BCUT2D eigenvalue weighted by Crippen LogP contribution is -1.88. The second kappa shape index (κ2) is 4.17. The summed E-state index contributed by atoms with van der Waals surface area (Å²) in [4.78, 5) is 9.96. The number of rotatable bonds is 1. The van der Waals surface area contributed by atoms with Gasteiger partial charge in [-0.2, -0.15) is 0 Å². The van der Waals surface area contributed by atoms with E-state index in [1.165, 1.54) is 12.1 Å².